The number of halogens is 1. The van der Waals surface area contributed by atoms with Crippen molar-refractivity contribution >= 4 is 11.1 Å². The fourth-order valence-electron chi connectivity index (χ4n) is 1.09. The number of aliphatic hydroxyl groups is 1. The fraction of sp³-hybridized carbons (Fsp3) is 0.222. The van der Waals surface area contributed by atoms with Gasteiger partial charge in [0.15, 0.2) is 5.58 Å². The molecule has 0 bridgehead atoms. The van der Waals surface area contributed by atoms with Gasteiger partial charge in [-0.05, 0) is 19.1 Å². The van der Waals surface area contributed by atoms with Crippen molar-refractivity contribution in [2.75, 3.05) is 0 Å². The molecule has 0 radical (unpaired) electrons. The van der Waals surface area contributed by atoms with Crippen LogP contribution in [0.4, 0.5) is 4.39 Å². The number of fused-ring (bicyclic) bond motifs is 1. The molecule has 0 aliphatic rings. The molecule has 2 aromatic rings. The highest BCUT2D eigenvalue weighted by Crippen LogP contribution is 2.20. The van der Waals surface area contributed by atoms with Gasteiger partial charge in [0.1, 0.15) is 17.4 Å². The summed E-state index contributed by atoms with van der Waals surface area (Å²) in [7, 11) is 0. The second-order valence-corrected chi connectivity index (χ2v) is 2.84. The molecule has 2 rings (SSSR count). The van der Waals surface area contributed by atoms with E-state index < -0.39 is 6.10 Å². The van der Waals surface area contributed by atoms with Crippen molar-refractivity contribution < 1.29 is 13.9 Å². The van der Waals surface area contributed by atoms with Crippen molar-refractivity contribution in [3.8, 4) is 0 Å². The monoisotopic (exact) mass is 181 g/mol. The number of benzene rings is 1. The summed E-state index contributed by atoms with van der Waals surface area (Å²) in [5.74, 6) is -0.165. The standard InChI is InChI=1S/C9H8FNO2/c1-5(12)9-11-7-3-2-6(10)4-8(7)13-9/h2-5,12H,1H3. The summed E-state index contributed by atoms with van der Waals surface area (Å²) in [5, 5.41) is 9.14. The predicted octanol–water partition coefficient (Wildman–Crippen LogP) is 2.02. The zero-order valence-corrected chi connectivity index (χ0v) is 6.99. The third-order valence-electron chi connectivity index (χ3n) is 1.72. The van der Waals surface area contributed by atoms with Gasteiger partial charge in [-0.3, -0.25) is 0 Å². The Morgan fingerprint density at radius 1 is 1.54 bits per heavy atom. The Morgan fingerprint density at radius 3 is 3.00 bits per heavy atom. The van der Waals surface area contributed by atoms with Crippen LogP contribution in [-0.4, -0.2) is 10.1 Å². The SMILES string of the molecule is CC(O)c1nc2ccc(F)cc2o1. The van der Waals surface area contributed by atoms with E-state index in [0.717, 1.165) is 0 Å². The lowest BCUT2D eigenvalue weighted by atomic mass is 10.3. The van der Waals surface area contributed by atoms with E-state index in [-0.39, 0.29) is 11.7 Å². The summed E-state index contributed by atoms with van der Waals surface area (Å²) < 4.78 is 17.8. The van der Waals surface area contributed by atoms with E-state index in [9.17, 15) is 4.39 Å². The van der Waals surface area contributed by atoms with Crippen molar-refractivity contribution in [2.24, 2.45) is 0 Å². The first-order valence-corrected chi connectivity index (χ1v) is 3.91. The molecule has 0 spiro atoms. The number of nitrogens with zero attached hydrogens (tertiary/aromatic N) is 1. The van der Waals surface area contributed by atoms with Gasteiger partial charge in [0.25, 0.3) is 0 Å². The molecule has 0 saturated carbocycles. The molecule has 1 N–H and O–H groups in total. The summed E-state index contributed by atoms with van der Waals surface area (Å²) in [4.78, 5) is 3.97. The lowest BCUT2D eigenvalue weighted by Gasteiger charge is -1.93. The summed E-state index contributed by atoms with van der Waals surface area (Å²) in [6.45, 7) is 1.54. The molecule has 0 saturated heterocycles. The summed E-state index contributed by atoms with van der Waals surface area (Å²) in [5.41, 5.74) is 0.910. The van der Waals surface area contributed by atoms with Crippen molar-refractivity contribution in [2.45, 2.75) is 13.0 Å². The van der Waals surface area contributed by atoms with Crippen LogP contribution in [0.3, 0.4) is 0 Å². The lowest BCUT2D eigenvalue weighted by Crippen LogP contribution is -1.88. The molecule has 0 amide bonds. The Morgan fingerprint density at radius 2 is 2.31 bits per heavy atom. The molecule has 1 atom stereocenters. The first-order valence-electron chi connectivity index (χ1n) is 3.91. The van der Waals surface area contributed by atoms with Gasteiger partial charge in [0.2, 0.25) is 5.89 Å². The van der Waals surface area contributed by atoms with Crippen LogP contribution in [0.2, 0.25) is 0 Å². The van der Waals surface area contributed by atoms with E-state index in [1.807, 2.05) is 0 Å². The van der Waals surface area contributed by atoms with Crippen molar-refractivity contribution in [1.82, 2.24) is 4.98 Å². The summed E-state index contributed by atoms with van der Waals surface area (Å²) in [6, 6.07) is 4.06. The lowest BCUT2D eigenvalue weighted by molar-refractivity contribution is 0.165. The Kier molecular flexibility index (Phi) is 1.77. The average Bonchev–Trinajstić information content (AvgIpc) is 2.46. The minimum absolute atomic E-state index is 0.209. The van der Waals surface area contributed by atoms with Crippen LogP contribution in [0.25, 0.3) is 11.1 Å². The van der Waals surface area contributed by atoms with Gasteiger partial charge in [-0.15, -0.1) is 0 Å². The molecule has 1 aromatic carbocycles. The molecule has 3 nitrogen and oxygen atoms in total. The topological polar surface area (TPSA) is 46.3 Å². The first-order chi connectivity index (χ1) is 6.16. The van der Waals surface area contributed by atoms with Gasteiger partial charge in [0, 0.05) is 6.07 Å². The van der Waals surface area contributed by atoms with Crippen LogP contribution >= 0.6 is 0 Å². The van der Waals surface area contributed by atoms with Crippen LogP contribution in [0.5, 0.6) is 0 Å². The van der Waals surface area contributed by atoms with Crippen molar-refractivity contribution in [3.05, 3.63) is 29.9 Å². The maximum atomic E-state index is 12.7. The molecule has 1 unspecified atom stereocenters. The van der Waals surface area contributed by atoms with Gasteiger partial charge >= 0.3 is 0 Å². The average molecular weight is 181 g/mol. The molecule has 68 valence electrons. The van der Waals surface area contributed by atoms with Gasteiger partial charge < -0.3 is 9.52 Å². The normalized spacial score (nSPS) is 13.5. The summed E-state index contributed by atoms with van der Waals surface area (Å²) in [6.07, 6.45) is -0.768. The minimum atomic E-state index is -0.768. The Bertz CT molecular complexity index is 436. The fourth-order valence-corrected chi connectivity index (χ4v) is 1.09. The zero-order chi connectivity index (χ0) is 9.42. The highest BCUT2D eigenvalue weighted by molar-refractivity contribution is 5.72. The number of hydrogen-bond donors (Lipinski definition) is 1. The Labute approximate surface area is 73.8 Å². The van der Waals surface area contributed by atoms with Crippen LogP contribution in [0, 0.1) is 5.82 Å². The number of rotatable bonds is 1. The molecule has 0 aliphatic carbocycles. The molecular formula is C9H8FNO2. The maximum absolute atomic E-state index is 12.7. The third kappa shape index (κ3) is 1.40. The molecule has 1 aromatic heterocycles. The van der Waals surface area contributed by atoms with E-state index in [4.69, 9.17) is 9.52 Å². The van der Waals surface area contributed by atoms with E-state index in [1.165, 1.54) is 18.2 Å². The van der Waals surface area contributed by atoms with Gasteiger partial charge in [-0.25, -0.2) is 9.37 Å². The van der Waals surface area contributed by atoms with E-state index in [1.54, 1.807) is 6.92 Å². The number of oxazole rings is 1. The van der Waals surface area contributed by atoms with E-state index in [2.05, 4.69) is 4.98 Å². The van der Waals surface area contributed by atoms with E-state index in [0.29, 0.717) is 11.1 Å². The maximum Gasteiger partial charge on any atom is 0.224 e. The molecule has 0 fully saturated rings. The van der Waals surface area contributed by atoms with Crippen LogP contribution < -0.4 is 0 Å². The second kappa shape index (κ2) is 2.81. The molecular weight excluding hydrogens is 173 g/mol. The highest BCUT2D eigenvalue weighted by atomic mass is 19.1. The Balaban J connectivity index is 2.62. The quantitative estimate of drug-likeness (QED) is 0.732. The summed E-state index contributed by atoms with van der Waals surface area (Å²) >= 11 is 0. The van der Waals surface area contributed by atoms with E-state index >= 15 is 0 Å². The second-order valence-electron chi connectivity index (χ2n) is 2.84. The number of hydrogen-bond acceptors (Lipinski definition) is 3. The van der Waals surface area contributed by atoms with Gasteiger partial charge in [-0.2, -0.15) is 0 Å². The zero-order valence-electron chi connectivity index (χ0n) is 6.99. The first kappa shape index (κ1) is 8.19. The molecule has 4 heteroatoms. The molecule has 13 heavy (non-hydrogen) atoms. The van der Waals surface area contributed by atoms with Crippen LogP contribution in [0.15, 0.2) is 22.6 Å². The van der Waals surface area contributed by atoms with Gasteiger partial charge in [-0.1, -0.05) is 0 Å². The molecule has 1 heterocycles. The molecule has 0 aliphatic heterocycles. The minimum Gasteiger partial charge on any atom is -0.438 e. The number of aromatic nitrogens is 1. The third-order valence-corrected chi connectivity index (χ3v) is 1.72. The van der Waals surface area contributed by atoms with Crippen molar-refractivity contribution in [1.29, 1.82) is 0 Å². The highest BCUT2D eigenvalue weighted by Gasteiger charge is 2.10. The largest absolute Gasteiger partial charge is 0.438 e. The van der Waals surface area contributed by atoms with Crippen LogP contribution in [0.1, 0.15) is 18.9 Å². The van der Waals surface area contributed by atoms with Crippen LogP contribution in [-0.2, 0) is 0 Å². The smallest absolute Gasteiger partial charge is 0.224 e. The number of aliphatic hydroxyl groups excluding tert-OH is 1. The van der Waals surface area contributed by atoms with Gasteiger partial charge in [0.05, 0.1) is 0 Å². The Hall–Kier alpha value is -1.42. The van der Waals surface area contributed by atoms with Crippen molar-refractivity contribution in [3.63, 3.8) is 0 Å². The predicted molar refractivity (Wildman–Crippen MR) is 44.6 cm³/mol.